The van der Waals surface area contributed by atoms with E-state index in [9.17, 15) is 4.79 Å². The second kappa shape index (κ2) is 7.60. The third-order valence-electron chi connectivity index (χ3n) is 3.62. The van der Waals surface area contributed by atoms with Gasteiger partial charge in [-0.05, 0) is 37.9 Å². The van der Waals surface area contributed by atoms with Crippen molar-refractivity contribution in [2.45, 2.75) is 38.6 Å². The summed E-state index contributed by atoms with van der Waals surface area (Å²) in [5.74, 6) is 0.00353. The maximum absolute atomic E-state index is 12.5. The van der Waals surface area contributed by atoms with E-state index in [-0.39, 0.29) is 5.91 Å². The summed E-state index contributed by atoms with van der Waals surface area (Å²) in [5, 5.41) is 4.00. The van der Waals surface area contributed by atoms with E-state index in [2.05, 4.69) is 17.2 Å². The van der Waals surface area contributed by atoms with Gasteiger partial charge in [-0.25, -0.2) is 4.98 Å². The van der Waals surface area contributed by atoms with Crippen molar-refractivity contribution in [3.8, 4) is 0 Å². The molecule has 1 aliphatic rings. The van der Waals surface area contributed by atoms with Crippen molar-refractivity contribution in [1.29, 1.82) is 0 Å². The maximum atomic E-state index is 12.5. The summed E-state index contributed by atoms with van der Waals surface area (Å²) in [7, 11) is 0. The quantitative estimate of drug-likeness (QED) is 0.878. The molecule has 0 aromatic carbocycles. The Morgan fingerprint density at radius 3 is 3.00 bits per heavy atom. The Morgan fingerprint density at radius 1 is 1.55 bits per heavy atom. The smallest absolute Gasteiger partial charge is 0.272 e. The summed E-state index contributed by atoms with van der Waals surface area (Å²) in [6.07, 6.45) is 5.96. The number of rotatable bonds is 6. The molecule has 2 heterocycles. The zero-order valence-corrected chi connectivity index (χ0v) is 12.7. The van der Waals surface area contributed by atoms with Crippen molar-refractivity contribution in [2.24, 2.45) is 0 Å². The molecule has 0 aliphatic carbocycles. The molecule has 0 spiro atoms. The van der Waals surface area contributed by atoms with Gasteiger partial charge in [0.05, 0.1) is 5.02 Å². The normalized spacial score (nSPS) is 18.2. The standard InChI is InChI=1S/C15H22ClN3O/c1-2-3-9-19(11-13-5-4-8-17-13)15(20)14-7-6-12(16)10-18-14/h6-7,10,13,17H,2-5,8-9,11H2,1H3. The Labute approximate surface area is 125 Å². The topological polar surface area (TPSA) is 45.2 Å². The molecule has 1 unspecified atom stereocenters. The lowest BCUT2D eigenvalue weighted by Gasteiger charge is -2.25. The molecule has 1 saturated heterocycles. The van der Waals surface area contributed by atoms with Gasteiger partial charge in [0.15, 0.2) is 0 Å². The van der Waals surface area contributed by atoms with E-state index in [0.29, 0.717) is 16.8 Å². The minimum Gasteiger partial charge on any atom is -0.336 e. The van der Waals surface area contributed by atoms with Crippen LogP contribution in [0.3, 0.4) is 0 Å². The molecule has 20 heavy (non-hydrogen) atoms. The second-order valence-corrected chi connectivity index (χ2v) is 5.70. The van der Waals surface area contributed by atoms with Gasteiger partial charge in [0.1, 0.15) is 5.69 Å². The van der Waals surface area contributed by atoms with Crippen LogP contribution in [0, 0.1) is 0 Å². The molecule has 0 bridgehead atoms. The molecule has 0 radical (unpaired) electrons. The van der Waals surface area contributed by atoms with Gasteiger partial charge in [0.2, 0.25) is 0 Å². The summed E-state index contributed by atoms with van der Waals surface area (Å²) >= 11 is 5.82. The number of aromatic nitrogens is 1. The molecule has 1 aliphatic heterocycles. The van der Waals surface area contributed by atoms with E-state index in [1.807, 2.05) is 4.90 Å². The minimum atomic E-state index is 0.00353. The molecule has 1 N–H and O–H groups in total. The van der Waals surface area contributed by atoms with Gasteiger partial charge in [-0.3, -0.25) is 4.79 Å². The Bertz CT molecular complexity index is 429. The molecule has 1 fully saturated rings. The number of halogens is 1. The number of hydrogen-bond acceptors (Lipinski definition) is 3. The van der Waals surface area contributed by atoms with Gasteiger partial charge >= 0.3 is 0 Å². The molecular formula is C15H22ClN3O. The first-order chi connectivity index (χ1) is 9.70. The first-order valence-corrected chi connectivity index (χ1v) is 7.72. The summed E-state index contributed by atoms with van der Waals surface area (Å²) < 4.78 is 0. The molecule has 110 valence electrons. The third kappa shape index (κ3) is 4.18. The predicted octanol–water partition coefficient (Wildman–Crippen LogP) is 2.73. The van der Waals surface area contributed by atoms with Crippen LogP contribution in [0.15, 0.2) is 18.3 Å². The fourth-order valence-electron chi connectivity index (χ4n) is 2.47. The number of unbranched alkanes of at least 4 members (excludes halogenated alkanes) is 1. The lowest BCUT2D eigenvalue weighted by atomic mass is 10.2. The Balaban J connectivity index is 2.03. The molecule has 1 atom stereocenters. The van der Waals surface area contributed by atoms with E-state index < -0.39 is 0 Å². The number of pyridine rings is 1. The summed E-state index contributed by atoms with van der Waals surface area (Å²) in [4.78, 5) is 18.6. The number of nitrogens with zero attached hydrogens (tertiary/aromatic N) is 2. The van der Waals surface area contributed by atoms with E-state index in [1.54, 1.807) is 12.1 Å². The highest BCUT2D eigenvalue weighted by Gasteiger charge is 2.22. The van der Waals surface area contributed by atoms with Gasteiger partial charge in [0.25, 0.3) is 5.91 Å². The summed E-state index contributed by atoms with van der Waals surface area (Å²) in [6.45, 7) is 4.75. The van der Waals surface area contributed by atoms with Gasteiger partial charge in [-0.1, -0.05) is 24.9 Å². The van der Waals surface area contributed by atoms with Gasteiger partial charge < -0.3 is 10.2 Å². The lowest BCUT2D eigenvalue weighted by Crippen LogP contribution is -2.41. The number of hydrogen-bond donors (Lipinski definition) is 1. The first kappa shape index (κ1) is 15.3. The molecule has 1 amide bonds. The van der Waals surface area contributed by atoms with Crippen LogP contribution in [0.25, 0.3) is 0 Å². The number of nitrogens with one attached hydrogen (secondary N) is 1. The third-order valence-corrected chi connectivity index (χ3v) is 3.84. The molecule has 2 rings (SSSR count). The van der Waals surface area contributed by atoms with Gasteiger partial charge in [0, 0.05) is 25.3 Å². The van der Waals surface area contributed by atoms with Crippen LogP contribution in [0.2, 0.25) is 5.02 Å². The van der Waals surface area contributed by atoms with Crippen LogP contribution >= 0.6 is 11.6 Å². The average Bonchev–Trinajstić information content (AvgIpc) is 2.96. The summed E-state index contributed by atoms with van der Waals surface area (Å²) in [6, 6.07) is 3.84. The lowest BCUT2D eigenvalue weighted by molar-refractivity contribution is 0.0733. The van der Waals surface area contributed by atoms with Crippen LogP contribution < -0.4 is 5.32 Å². The van der Waals surface area contributed by atoms with Gasteiger partial charge in [-0.2, -0.15) is 0 Å². The molecule has 1 aromatic heterocycles. The number of carbonyl (C=O) groups excluding carboxylic acids is 1. The average molecular weight is 296 g/mol. The zero-order chi connectivity index (χ0) is 14.4. The Morgan fingerprint density at radius 2 is 2.40 bits per heavy atom. The Hall–Kier alpha value is -1.13. The van der Waals surface area contributed by atoms with Gasteiger partial charge in [-0.15, -0.1) is 0 Å². The maximum Gasteiger partial charge on any atom is 0.272 e. The fraction of sp³-hybridized carbons (Fsp3) is 0.600. The van der Waals surface area contributed by atoms with E-state index in [1.165, 1.54) is 12.6 Å². The number of carbonyl (C=O) groups is 1. The zero-order valence-electron chi connectivity index (χ0n) is 11.9. The molecular weight excluding hydrogens is 274 g/mol. The highest BCUT2D eigenvalue weighted by atomic mass is 35.5. The SMILES string of the molecule is CCCCN(CC1CCCN1)C(=O)c1ccc(Cl)cn1. The number of amides is 1. The van der Waals surface area contributed by atoms with Crippen molar-refractivity contribution < 1.29 is 4.79 Å². The van der Waals surface area contributed by atoms with Crippen molar-refractivity contribution >= 4 is 17.5 Å². The minimum absolute atomic E-state index is 0.00353. The highest BCUT2D eigenvalue weighted by molar-refractivity contribution is 6.30. The highest BCUT2D eigenvalue weighted by Crippen LogP contribution is 2.12. The molecule has 4 nitrogen and oxygen atoms in total. The van der Waals surface area contributed by atoms with Crippen LogP contribution in [-0.4, -0.2) is 41.5 Å². The largest absolute Gasteiger partial charge is 0.336 e. The summed E-state index contributed by atoms with van der Waals surface area (Å²) in [5.41, 5.74) is 0.475. The van der Waals surface area contributed by atoms with Crippen molar-refractivity contribution in [3.63, 3.8) is 0 Å². The Kier molecular flexibility index (Phi) is 5.80. The molecule has 1 aromatic rings. The van der Waals surface area contributed by atoms with Crippen molar-refractivity contribution in [1.82, 2.24) is 15.2 Å². The molecule has 5 heteroatoms. The predicted molar refractivity (Wildman–Crippen MR) is 81.1 cm³/mol. The van der Waals surface area contributed by atoms with E-state index in [4.69, 9.17) is 11.6 Å². The first-order valence-electron chi connectivity index (χ1n) is 7.35. The van der Waals surface area contributed by atoms with E-state index in [0.717, 1.165) is 38.9 Å². The van der Waals surface area contributed by atoms with Crippen LogP contribution in [-0.2, 0) is 0 Å². The molecule has 0 saturated carbocycles. The fourth-order valence-corrected chi connectivity index (χ4v) is 2.58. The van der Waals surface area contributed by atoms with E-state index >= 15 is 0 Å². The van der Waals surface area contributed by atoms with Crippen LogP contribution in [0.1, 0.15) is 43.1 Å². The van der Waals surface area contributed by atoms with Crippen molar-refractivity contribution in [2.75, 3.05) is 19.6 Å². The van der Waals surface area contributed by atoms with Crippen molar-refractivity contribution in [3.05, 3.63) is 29.0 Å². The second-order valence-electron chi connectivity index (χ2n) is 5.26. The van der Waals surface area contributed by atoms with Crippen LogP contribution in [0.5, 0.6) is 0 Å². The monoisotopic (exact) mass is 295 g/mol. The van der Waals surface area contributed by atoms with Crippen LogP contribution in [0.4, 0.5) is 0 Å².